The van der Waals surface area contributed by atoms with Crippen molar-refractivity contribution >= 4 is 15.9 Å². The van der Waals surface area contributed by atoms with Crippen molar-refractivity contribution in [1.29, 1.82) is 0 Å². The molecule has 0 heterocycles. The minimum Gasteiger partial charge on any atom is -0.386 e. The van der Waals surface area contributed by atoms with Crippen LogP contribution in [0, 0.1) is 6.92 Å². The fourth-order valence-corrected chi connectivity index (χ4v) is 1.50. The van der Waals surface area contributed by atoms with E-state index in [1.807, 2.05) is 39.0 Å². The van der Waals surface area contributed by atoms with Gasteiger partial charge >= 0.3 is 0 Å². The molecule has 0 aliphatic carbocycles. The fourth-order valence-electron chi connectivity index (χ4n) is 1.25. The molecule has 1 aromatic rings. The van der Waals surface area contributed by atoms with Crippen LogP contribution in [0.5, 0.6) is 0 Å². The molecule has 0 fully saturated rings. The van der Waals surface area contributed by atoms with Crippen LogP contribution in [0.1, 0.15) is 31.1 Å². The second-order valence-electron chi connectivity index (χ2n) is 3.91. The van der Waals surface area contributed by atoms with Gasteiger partial charge in [0.2, 0.25) is 0 Å². The van der Waals surface area contributed by atoms with Gasteiger partial charge in [0, 0.05) is 4.47 Å². The second kappa shape index (κ2) is 5.64. The third-order valence-corrected chi connectivity index (χ3v) is 3.04. The van der Waals surface area contributed by atoms with Crippen molar-refractivity contribution < 1.29 is 9.84 Å². The Bertz CT molecular complexity index is 323. The summed E-state index contributed by atoms with van der Waals surface area (Å²) in [6, 6.07) is 5.83. The van der Waals surface area contributed by atoms with E-state index >= 15 is 0 Å². The molecule has 15 heavy (non-hydrogen) atoms. The molecule has 0 amide bonds. The molecule has 1 unspecified atom stereocenters. The minimum atomic E-state index is -0.542. The molecule has 0 aromatic heterocycles. The van der Waals surface area contributed by atoms with Crippen LogP contribution in [0.4, 0.5) is 0 Å². The number of aliphatic hydroxyl groups excluding tert-OH is 1. The highest BCUT2D eigenvalue weighted by Gasteiger charge is 2.09. The topological polar surface area (TPSA) is 29.5 Å². The lowest BCUT2D eigenvalue weighted by atomic mass is 10.1. The van der Waals surface area contributed by atoms with Crippen molar-refractivity contribution in [2.45, 2.75) is 33.0 Å². The number of benzene rings is 1. The average Bonchev–Trinajstić information content (AvgIpc) is 2.18. The molecule has 3 heteroatoms. The van der Waals surface area contributed by atoms with E-state index in [9.17, 15) is 5.11 Å². The molecule has 0 bridgehead atoms. The van der Waals surface area contributed by atoms with Gasteiger partial charge in [-0.15, -0.1) is 0 Å². The van der Waals surface area contributed by atoms with Crippen molar-refractivity contribution in [2.75, 3.05) is 6.61 Å². The van der Waals surface area contributed by atoms with Gasteiger partial charge in [0.05, 0.1) is 12.7 Å². The molecular weight excluding hydrogens is 256 g/mol. The summed E-state index contributed by atoms with van der Waals surface area (Å²) >= 11 is 3.43. The van der Waals surface area contributed by atoms with Crippen molar-refractivity contribution in [2.24, 2.45) is 0 Å². The molecular formula is C12H17BrO2. The van der Waals surface area contributed by atoms with Gasteiger partial charge in [0.1, 0.15) is 6.10 Å². The zero-order chi connectivity index (χ0) is 11.4. The molecule has 0 saturated carbocycles. The quantitative estimate of drug-likeness (QED) is 0.912. The van der Waals surface area contributed by atoms with Crippen LogP contribution in [-0.4, -0.2) is 17.8 Å². The molecule has 0 spiro atoms. The van der Waals surface area contributed by atoms with E-state index in [4.69, 9.17) is 4.74 Å². The first-order chi connectivity index (χ1) is 7.00. The first-order valence-electron chi connectivity index (χ1n) is 5.06. The highest BCUT2D eigenvalue weighted by molar-refractivity contribution is 9.10. The SMILES string of the molecule is Cc1cc(C(O)COC(C)C)ccc1Br. The van der Waals surface area contributed by atoms with E-state index in [0.29, 0.717) is 6.61 Å². The second-order valence-corrected chi connectivity index (χ2v) is 4.76. The van der Waals surface area contributed by atoms with Crippen LogP contribution in [0.2, 0.25) is 0 Å². The van der Waals surface area contributed by atoms with E-state index in [0.717, 1.165) is 15.6 Å². The zero-order valence-electron chi connectivity index (χ0n) is 9.33. The summed E-state index contributed by atoms with van der Waals surface area (Å²) in [5.41, 5.74) is 2.02. The fraction of sp³-hybridized carbons (Fsp3) is 0.500. The van der Waals surface area contributed by atoms with Crippen LogP contribution in [-0.2, 0) is 4.74 Å². The zero-order valence-corrected chi connectivity index (χ0v) is 10.9. The van der Waals surface area contributed by atoms with Crippen molar-refractivity contribution in [3.8, 4) is 0 Å². The number of ether oxygens (including phenoxy) is 1. The molecule has 0 aliphatic rings. The van der Waals surface area contributed by atoms with Gasteiger partial charge < -0.3 is 9.84 Å². The standard InChI is InChI=1S/C12H17BrO2/c1-8(2)15-7-12(14)10-4-5-11(13)9(3)6-10/h4-6,8,12,14H,7H2,1-3H3. The van der Waals surface area contributed by atoms with Gasteiger partial charge in [-0.1, -0.05) is 28.1 Å². The lowest BCUT2D eigenvalue weighted by Crippen LogP contribution is -2.11. The highest BCUT2D eigenvalue weighted by atomic mass is 79.9. The molecule has 1 rings (SSSR count). The predicted octanol–water partition coefficient (Wildman–Crippen LogP) is 3.22. The molecule has 1 aromatic carbocycles. The van der Waals surface area contributed by atoms with E-state index in [2.05, 4.69) is 15.9 Å². The maximum Gasteiger partial charge on any atom is 0.102 e. The summed E-state index contributed by atoms with van der Waals surface area (Å²) in [5.74, 6) is 0. The summed E-state index contributed by atoms with van der Waals surface area (Å²) in [6.45, 7) is 6.27. The Hall–Kier alpha value is -0.380. The van der Waals surface area contributed by atoms with E-state index in [-0.39, 0.29) is 6.10 Å². The van der Waals surface area contributed by atoms with Crippen LogP contribution in [0.15, 0.2) is 22.7 Å². The summed E-state index contributed by atoms with van der Waals surface area (Å²) in [6.07, 6.45) is -0.393. The van der Waals surface area contributed by atoms with Crippen LogP contribution >= 0.6 is 15.9 Å². The van der Waals surface area contributed by atoms with Crippen LogP contribution < -0.4 is 0 Å². The van der Waals surface area contributed by atoms with E-state index in [1.165, 1.54) is 0 Å². The van der Waals surface area contributed by atoms with Crippen molar-refractivity contribution in [3.63, 3.8) is 0 Å². The average molecular weight is 273 g/mol. The summed E-state index contributed by atoms with van der Waals surface area (Å²) in [4.78, 5) is 0. The van der Waals surface area contributed by atoms with Crippen LogP contribution in [0.3, 0.4) is 0 Å². The molecule has 1 atom stereocenters. The molecule has 0 aliphatic heterocycles. The third kappa shape index (κ3) is 3.93. The predicted molar refractivity (Wildman–Crippen MR) is 64.9 cm³/mol. The molecule has 2 nitrogen and oxygen atoms in total. The van der Waals surface area contributed by atoms with E-state index < -0.39 is 6.10 Å². The van der Waals surface area contributed by atoms with Crippen molar-refractivity contribution in [1.82, 2.24) is 0 Å². The van der Waals surface area contributed by atoms with Gasteiger partial charge in [-0.25, -0.2) is 0 Å². The molecule has 1 N–H and O–H groups in total. The highest BCUT2D eigenvalue weighted by Crippen LogP contribution is 2.21. The van der Waals surface area contributed by atoms with Gasteiger partial charge in [0.25, 0.3) is 0 Å². The smallest absolute Gasteiger partial charge is 0.102 e. The Balaban J connectivity index is 2.65. The first-order valence-corrected chi connectivity index (χ1v) is 5.85. The largest absolute Gasteiger partial charge is 0.386 e. The Morgan fingerprint density at radius 3 is 2.60 bits per heavy atom. The molecule has 84 valence electrons. The number of hydrogen-bond acceptors (Lipinski definition) is 2. The van der Waals surface area contributed by atoms with Crippen molar-refractivity contribution in [3.05, 3.63) is 33.8 Å². The number of aryl methyl sites for hydroxylation is 1. The normalized spacial score (nSPS) is 13.2. The number of halogens is 1. The third-order valence-electron chi connectivity index (χ3n) is 2.15. The Labute approximate surface area is 99.4 Å². The van der Waals surface area contributed by atoms with Gasteiger partial charge in [-0.3, -0.25) is 0 Å². The maximum absolute atomic E-state index is 9.84. The summed E-state index contributed by atoms with van der Waals surface area (Å²) < 4.78 is 6.42. The molecule has 0 saturated heterocycles. The van der Waals surface area contributed by atoms with Gasteiger partial charge in [-0.05, 0) is 38.0 Å². The Morgan fingerprint density at radius 2 is 2.07 bits per heavy atom. The number of aliphatic hydroxyl groups is 1. The Morgan fingerprint density at radius 1 is 1.40 bits per heavy atom. The monoisotopic (exact) mass is 272 g/mol. The lowest BCUT2D eigenvalue weighted by molar-refractivity contribution is 0.00491. The summed E-state index contributed by atoms with van der Waals surface area (Å²) in [5, 5.41) is 9.84. The Kier molecular flexibility index (Phi) is 4.77. The summed E-state index contributed by atoms with van der Waals surface area (Å²) in [7, 11) is 0. The first kappa shape index (κ1) is 12.7. The maximum atomic E-state index is 9.84. The van der Waals surface area contributed by atoms with Gasteiger partial charge in [-0.2, -0.15) is 0 Å². The minimum absolute atomic E-state index is 0.149. The molecule has 0 radical (unpaired) electrons. The number of hydrogen-bond donors (Lipinski definition) is 1. The van der Waals surface area contributed by atoms with Crippen LogP contribution in [0.25, 0.3) is 0 Å². The van der Waals surface area contributed by atoms with Gasteiger partial charge in [0.15, 0.2) is 0 Å². The van der Waals surface area contributed by atoms with E-state index in [1.54, 1.807) is 0 Å². The lowest BCUT2D eigenvalue weighted by Gasteiger charge is -2.14. The number of rotatable bonds is 4.